The third kappa shape index (κ3) is 3.38. The van der Waals surface area contributed by atoms with Crippen molar-refractivity contribution in [3.8, 4) is 11.3 Å². The molecule has 4 aromatic rings. The maximum atomic E-state index is 13.3. The molecule has 0 spiro atoms. The summed E-state index contributed by atoms with van der Waals surface area (Å²) in [6.07, 6.45) is -0.846. The van der Waals surface area contributed by atoms with Crippen LogP contribution in [0.3, 0.4) is 0 Å². The average Bonchev–Trinajstić information content (AvgIpc) is 3.48. The standard InChI is InChI=1S/C19H19FN5O7PS/c1-34-19-22-12-15(25(19)17-13(26)14-11(31-17)7-30-33(28,29)32-14)23-18-21-10(6-24(18)16(12)27)8-2-4-9(20)5-3-8/h2-6,11,13-14,17,26,28-29,33H,7H2,1H3,(H,21,23)/t11?,13?,14-,17-/m1/s1. The van der Waals surface area contributed by atoms with E-state index in [9.17, 15) is 24.1 Å². The molecule has 4 N–H and O–H groups in total. The van der Waals surface area contributed by atoms with Crippen molar-refractivity contribution in [1.29, 1.82) is 0 Å². The fourth-order valence-electron chi connectivity index (χ4n) is 4.27. The number of nitrogens with zero attached hydrogens (tertiary/aromatic N) is 4. The van der Waals surface area contributed by atoms with E-state index >= 15 is 0 Å². The quantitative estimate of drug-likeness (QED) is 0.231. The van der Waals surface area contributed by atoms with E-state index in [4.69, 9.17) is 13.8 Å². The molecule has 0 amide bonds. The molecule has 34 heavy (non-hydrogen) atoms. The van der Waals surface area contributed by atoms with Gasteiger partial charge in [0.05, 0.1) is 0 Å². The SMILES string of the molecule is CSc1nc2c(=O)n3cc(-c4ccc(F)cc4)[nH]c3nc2n1[C@@H]1OC2CO[PH](O)(O)O[C@H]2C1O. The molecule has 12 nitrogen and oxygen atoms in total. The predicted molar refractivity (Wildman–Crippen MR) is 120 cm³/mol. The van der Waals surface area contributed by atoms with Crippen LogP contribution in [0.5, 0.6) is 0 Å². The first-order valence-corrected chi connectivity index (χ1v) is 13.1. The third-order valence-electron chi connectivity index (χ3n) is 5.85. The molecule has 2 fully saturated rings. The number of H-pyrrole nitrogens is 1. The number of halogens is 1. The summed E-state index contributed by atoms with van der Waals surface area (Å²) < 4.78 is 32.1. The minimum atomic E-state index is -4.35. The molecule has 15 heteroatoms. The second kappa shape index (κ2) is 7.80. The van der Waals surface area contributed by atoms with Gasteiger partial charge >= 0.3 is 172 Å². The van der Waals surface area contributed by atoms with Crippen molar-refractivity contribution < 1.29 is 33.1 Å². The number of hydrogen-bond acceptors (Lipinski definition) is 10. The Labute approximate surface area is 194 Å². The molecule has 0 saturated carbocycles. The van der Waals surface area contributed by atoms with Crippen LogP contribution >= 0.6 is 19.9 Å². The van der Waals surface area contributed by atoms with Crippen LogP contribution in [0.4, 0.5) is 4.39 Å². The number of aliphatic hydroxyl groups excluding tert-OH is 1. The maximum absolute atomic E-state index is 13.3. The van der Waals surface area contributed by atoms with Crippen LogP contribution in [-0.4, -0.2) is 70.0 Å². The number of fused-ring (bicyclic) bond motifs is 3. The molecule has 2 aliphatic heterocycles. The van der Waals surface area contributed by atoms with E-state index < -0.39 is 38.3 Å². The molecular weight excluding hydrogens is 492 g/mol. The van der Waals surface area contributed by atoms with Crippen LogP contribution in [-0.2, 0) is 13.8 Å². The van der Waals surface area contributed by atoms with E-state index in [1.54, 1.807) is 24.6 Å². The summed E-state index contributed by atoms with van der Waals surface area (Å²) >= 11 is 1.23. The molecule has 5 heterocycles. The van der Waals surface area contributed by atoms with Gasteiger partial charge in [-0.1, -0.05) is 0 Å². The summed E-state index contributed by atoms with van der Waals surface area (Å²) in [6, 6.07) is 5.78. The van der Waals surface area contributed by atoms with Gasteiger partial charge < -0.3 is 0 Å². The Kier molecular flexibility index (Phi) is 5.06. The third-order valence-corrected chi connectivity index (χ3v) is 7.62. The fraction of sp³-hybridized carbons (Fsp3) is 0.316. The van der Waals surface area contributed by atoms with Gasteiger partial charge in [0.2, 0.25) is 0 Å². The molecule has 2 aliphatic rings. The second-order valence-corrected chi connectivity index (χ2v) is 10.3. The van der Waals surface area contributed by atoms with E-state index in [0.717, 1.165) is 0 Å². The molecule has 3 aromatic heterocycles. The summed E-state index contributed by atoms with van der Waals surface area (Å²) in [6.45, 7) is -0.170. The number of aliphatic hydroxyl groups is 1. The van der Waals surface area contributed by atoms with Crippen molar-refractivity contribution in [1.82, 2.24) is 23.9 Å². The number of rotatable bonds is 3. The van der Waals surface area contributed by atoms with Crippen LogP contribution in [0.25, 0.3) is 28.2 Å². The Hall–Kier alpha value is -2.42. The normalized spacial score (nSPS) is 27.3. The number of aromatic amines is 1. The summed E-state index contributed by atoms with van der Waals surface area (Å²) in [5.41, 5.74) is 0.993. The van der Waals surface area contributed by atoms with Crippen molar-refractivity contribution >= 4 is 36.9 Å². The number of hydrogen-bond donors (Lipinski definition) is 4. The fourth-order valence-corrected chi connectivity index (χ4v) is 5.94. The molecule has 0 aliphatic carbocycles. The molecule has 4 atom stereocenters. The predicted octanol–water partition coefficient (Wildman–Crippen LogP) is 0.968. The van der Waals surface area contributed by atoms with Crippen molar-refractivity contribution in [3.63, 3.8) is 0 Å². The van der Waals surface area contributed by atoms with E-state index in [1.807, 2.05) is 0 Å². The summed E-state index contributed by atoms with van der Waals surface area (Å²) in [5, 5.41) is 11.3. The molecular formula is C19H19FN5O7PS. The molecule has 180 valence electrons. The van der Waals surface area contributed by atoms with E-state index in [1.165, 1.54) is 32.9 Å². The number of ether oxygens (including phenoxy) is 1. The summed E-state index contributed by atoms with van der Waals surface area (Å²) in [4.78, 5) is 44.8. The topological polar surface area (TPSA) is 156 Å². The van der Waals surface area contributed by atoms with Crippen LogP contribution in [0.2, 0.25) is 0 Å². The van der Waals surface area contributed by atoms with Crippen LogP contribution < -0.4 is 5.56 Å². The Morgan fingerprint density at radius 2 is 2.03 bits per heavy atom. The van der Waals surface area contributed by atoms with Gasteiger partial charge in [-0.05, 0) is 12.1 Å². The van der Waals surface area contributed by atoms with Gasteiger partial charge in [-0.15, -0.1) is 0 Å². The van der Waals surface area contributed by atoms with Gasteiger partial charge in [-0.3, -0.25) is 0 Å². The summed E-state index contributed by atoms with van der Waals surface area (Å²) in [7, 11) is -4.35. The first-order valence-electron chi connectivity index (χ1n) is 10.2. The molecule has 2 saturated heterocycles. The number of thioether (sulfide) groups is 1. The summed E-state index contributed by atoms with van der Waals surface area (Å²) in [5.74, 6) is -0.164. The molecule has 1 aromatic carbocycles. The van der Waals surface area contributed by atoms with Gasteiger partial charge in [0.15, 0.2) is 0 Å². The second-order valence-electron chi connectivity index (χ2n) is 7.92. The zero-order chi connectivity index (χ0) is 23.8. The van der Waals surface area contributed by atoms with Crippen molar-refractivity contribution in [2.45, 2.75) is 29.7 Å². The van der Waals surface area contributed by atoms with Gasteiger partial charge in [0.25, 0.3) is 0 Å². The van der Waals surface area contributed by atoms with Crippen LogP contribution in [0.15, 0.2) is 40.4 Å². The van der Waals surface area contributed by atoms with Gasteiger partial charge in [0.1, 0.15) is 5.82 Å². The van der Waals surface area contributed by atoms with Crippen LogP contribution in [0.1, 0.15) is 6.23 Å². The van der Waals surface area contributed by atoms with Gasteiger partial charge in [0, 0.05) is 0 Å². The minimum absolute atomic E-state index is 0.0578. The van der Waals surface area contributed by atoms with E-state index in [-0.39, 0.29) is 29.4 Å². The van der Waals surface area contributed by atoms with Crippen LogP contribution in [0, 0.1) is 5.82 Å². The molecule has 6 rings (SSSR count). The van der Waals surface area contributed by atoms with Crippen molar-refractivity contribution in [2.24, 2.45) is 0 Å². The first kappa shape index (κ1) is 22.1. The Morgan fingerprint density at radius 1 is 1.26 bits per heavy atom. The molecule has 2 unspecified atom stereocenters. The van der Waals surface area contributed by atoms with E-state index in [0.29, 0.717) is 16.4 Å². The average molecular weight is 511 g/mol. The zero-order valence-electron chi connectivity index (χ0n) is 17.5. The zero-order valence-corrected chi connectivity index (χ0v) is 19.3. The molecule has 0 radical (unpaired) electrons. The van der Waals surface area contributed by atoms with Crippen molar-refractivity contribution in [3.05, 3.63) is 46.6 Å². The monoisotopic (exact) mass is 511 g/mol. The first-order chi connectivity index (χ1) is 16.3. The molecule has 0 bridgehead atoms. The van der Waals surface area contributed by atoms with Gasteiger partial charge in [-0.2, -0.15) is 0 Å². The Morgan fingerprint density at radius 3 is 2.76 bits per heavy atom. The number of nitrogens with one attached hydrogen (secondary N) is 1. The Balaban J connectivity index is 1.48. The van der Waals surface area contributed by atoms with Crippen molar-refractivity contribution in [2.75, 3.05) is 12.9 Å². The van der Waals surface area contributed by atoms with E-state index in [2.05, 4.69) is 15.0 Å². The number of aromatic nitrogens is 5. The number of benzene rings is 1. The van der Waals surface area contributed by atoms with Gasteiger partial charge in [-0.25, -0.2) is 4.39 Å². The number of imidazole rings is 2. The Bertz CT molecular complexity index is 1470.